The largest absolute Gasteiger partial charge is 0.364 e. The van der Waals surface area contributed by atoms with Crippen molar-refractivity contribution in [2.24, 2.45) is 11.7 Å². The van der Waals surface area contributed by atoms with Crippen LogP contribution in [0.3, 0.4) is 0 Å². The van der Waals surface area contributed by atoms with Crippen molar-refractivity contribution in [2.45, 2.75) is 20.3 Å². The lowest BCUT2D eigenvalue weighted by molar-refractivity contribution is 0.0996. The minimum atomic E-state index is -0.443. The van der Waals surface area contributed by atoms with Crippen LogP contribution in [0.1, 0.15) is 29.3 Å². The number of thiazole rings is 1. The summed E-state index contributed by atoms with van der Waals surface area (Å²) in [6.45, 7) is 4.23. The van der Waals surface area contributed by atoms with Crippen molar-refractivity contribution in [1.29, 1.82) is 0 Å². The van der Waals surface area contributed by atoms with Crippen molar-refractivity contribution in [3.8, 4) is 0 Å². The normalized spacial score (nSPS) is 10.6. The molecule has 0 spiro atoms. The molecule has 0 saturated carbocycles. The Morgan fingerprint density at radius 1 is 1.75 bits per heavy atom. The van der Waals surface area contributed by atoms with Crippen molar-refractivity contribution >= 4 is 17.2 Å². The maximum absolute atomic E-state index is 10.7. The molecule has 1 aromatic rings. The molecule has 0 fully saturated rings. The van der Waals surface area contributed by atoms with E-state index in [9.17, 15) is 4.79 Å². The third-order valence-corrected chi connectivity index (χ3v) is 2.26. The summed E-state index contributed by atoms with van der Waals surface area (Å²) < 4.78 is 0. The van der Waals surface area contributed by atoms with Crippen molar-refractivity contribution in [3.05, 3.63) is 16.1 Å². The van der Waals surface area contributed by atoms with E-state index in [1.165, 1.54) is 11.3 Å². The van der Waals surface area contributed by atoms with Crippen LogP contribution >= 0.6 is 11.3 Å². The van der Waals surface area contributed by atoms with Crippen LogP contribution in [-0.4, -0.2) is 10.9 Å². The first kappa shape index (κ1) is 9.19. The van der Waals surface area contributed by atoms with Gasteiger partial charge in [-0.2, -0.15) is 0 Å². The number of nitrogens with two attached hydrogens (primary N) is 1. The molecule has 66 valence electrons. The molecule has 0 unspecified atom stereocenters. The molecular formula is C8H12N2OS. The lowest BCUT2D eigenvalue weighted by atomic mass is 10.1. The van der Waals surface area contributed by atoms with E-state index in [1.807, 2.05) is 0 Å². The second-order valence-corrected chi connectivity index (χ2v) is 4.03. The van der Waals surface area contributed by atoms with Gasteiger partial charge in [0.25, 0.3) is 5.91 Å². The number of nitrogens with zero attached hydrogens (tertiary/aromatic N) is 1. The highest BCUT2D eigenvalue weighted by molar-refractivity contribution is 7.09. The lowest BCUT2D eigenvalue weighted by Crippen LogP contribution is -2.11. The molecule has 4 heteroatoms. The molecule has 0 saturated heterocycles. The van der Waals surface area contributed by atoms with Crippen molar-refractivity contribution in [3.63, 3.8) is 0 Å². The smallest absolute Gasteiger partial charge is 0.268 e. The Bertz CT molecular complexity index is 280. The Morgan fingerprint density at radius 2 is 2.42 bits per heavy atom. The first-order valence-electron chi connectivity index (χ1n) is 3.84. The zero-order valence-corrected chi connectivity index (χ0v) is 8.02. The maximum atomic E-state index is 10.7. The molecule has 1 amide bonds. The molecule has 2 N–H and O–H groups in total. The average Bonchev–Trinajstić information content (AvgIpc) is 2.34. The highest BCUT2D eigenvalue weighted by Gasteiger charge is 2.07. The first-order chi connectivity index (χ1) is 5.59. The number of hydrogen-bond donors (Lipinski definition) is 1. The van der Waals surface area contributed by atoms with Gasteiger partial charge in [-0.25, -0.2) is 4.98 Å². The summed E-state index contributed by atoms with van der Waals surface area (Å²) in [5.74, 6) is 0.123. The summed E-state index contributed by atoms with van der Waals surface area (Å²) >= 11 is 1.49. The van der Waals surface area contributed by atoms with E-state index in [0.29, 0.717) is 11.6 Å². The van der Waals surface area contributed by atoms with Gasteiger partial charge in [0.1, 0.15) is 5.69 Å². The Labute approximate surface area is 75.6 Å². The van der Waals surface area contributed by atoms with E-state index in [1.54, 1.807) is 5.38 Å². The highest BCUT2D eigenvalue weighted by Crippen LogP contribution is 2.13. The van der Waals surface area contributed by atoms with Crippen LogP contribution in [0.2, 0.25) is 0 Å². The van der Waals surface area contributed by atoms with Gasteiger partial charge >= 0.3 is 0 Å². The minimum absolute atomic E-state index is 0.385. The molecule has 0 aliphatic carbocycles. The number of amides is 1. The van der Waals surface area contributed by atoms with Crippen molar-refractivity contribution < 1.29 is 4.79 Å². The fraction of sp³-hybridized carbons (Fsp3) is 0.500. The summed E-state index contributed by atoms with van der Waals surface area (Å²) in [6, 6.07) is 0. The second kappa shape index (κ2) is 3.67. The molecule has 1 aromatic heterocycles. The van der Waals surface area contributed by atoms with Gasteiger partial charge in [0.15, 0.2) is 0 Å². The summed E-state index contributed by atoms with van der Waals surface area (Å²) in [5.41, 5.74) is 5.45. The zero-order chi connectivity index (χ0) is 9.14. The molecule has 0 radical (unpaired) electrons. The van der Waals surface area contributed by atoms with Gasteiger partial charge in [-0.3, -0.25) is 4.79 Å². The predicted octanol–water partition coefficient (Wildman–Crippen LogP) is 1.44. The first-order valence-corrected chi connectivity index (χ1v) is 4.71. The van der Waals surface area contributed by atoms with E-state index in [4.69, 9.17) is 5.73 Å². The Kier molecular flexibility index (Phi) is 2.81. The Balaban J connectivity index is 2.71. The molecule has 0 atom stereocenters. The standard InChI is InChI=1S/C8H12N2OS/c1-5(2)3-7-10-6(4-12-7)8(9)11/h4-5H,3H2,1-2H3,(H2,9,11). The number of hydrogen-bond acceptors (Lipinski definition) is 3. The fourth-order valence-electron chi connectivity index (χ4n) is 0.867. The van der Waals surface area contributed by atoms with Crippen LogP contribution in [0, 0.1) is 5.92 Å². The van der Waals surface area contributed by atoms with Crippen LogP contribution < -0.4 is 5.73 Å². The molecule has 0 aliphatic rings. The topological polar surface area (TPSA) is 56.0 Å². The number of rotatable bonds is 3. The zero-order valence-electron chi connectivity index (χ0n) is 7.20. The van der Waals surface area contributed by atoms with Crippen LogP contribution in [0.4, 0.5) is 0 Å². The number of carbonyl (C=O) groups is 1. The van der Waals surface area contributed by atoms with Gasteiger partial charge < -0.3 is 5.73 Å². The molecule has 12 heavy (non-hydrogen) atoms. The summed E-state index contributed by atoms with van der Waals surface area (Å²) in [6.07, 6.45) is 0.915. The second-order valence-electron chi connectivity index (χ2n) is 3.09. The van der Waals surface area contributed by atoms with E-state index >= 15 is 0 Å². The van der Waals surface area contributed by atoms with Crippen molar-refractivity contribution in [1.82, 2.24) is 4.98 Å². The van der Waals surface area contributed by atoms with Crippen molar-refractivity contribution in [2.75, 3.05) is 0 Å². The monoisotopic (exact) mass is 184 g/mol. The average molecular weight is 184 g/mol. The molecule has 0 aromatic carbocycles. The summed E-state index contributed by atoms with van der Waals surface area (Å²) in [7, 11) is 0. The van der Waals surface area contributed by atoms with Crippen LogP contribution in [0.5, 0.6) is 0 Å². The molecule has 0 bridgehead atoms. The summed E-state index contributed by atoms with van der Waals surface area (Å²) in [5, 5.41) is 2.69. The lowest BCUT2D eigenvalue weighted by Gasteiger charge is -1.97. The number of primary amides is 1. The van der Waals surface area contributed by atoms with Gasteiger partial charge in [0.05, 0.1) is 5.01 Å². The molecule has 3 nitrogen and oxygen atoms in total. The van der Waals surface area contributed by atoms with Gasteiger partial charge in [-0.05, 0) is 5.92 Å². The fourth-order valence-corrected chi connectivity index (χ4v) is 1.86. The van der Waals surface area contributed by atoms with Crippen LogP contribution in [-0.2, 0) is 6.42 Å². The van der Waals surface area contributed by atoms with Gasteiger partial charge in [-0.1, -0.05) is 13.8 Å². The number of aromatic nitrogens is 1. The summed E-state index contributed by atoms with van der Waals surface area (Å²) in [4.78, 5) is 14.8. The third kappa shape index (κ3) is 2.30. The molecule has 1 rings (SSSR count). The number of carbonyl (C=O) groups excluding carboxylic acids is 1. The third-order valence-electron chi connectivity index (χ3n) is 1.39. The highest BCUT2D eigenvalue weighted by atomic mass is 32.1. The van der Waals surface area contributed by atoms with Gasteiger partial charge in [0.2, 0.25) is 0 Å². The quantitative estimate of drug-likeness (QED) is 0.772. The Hall–Kier alpha value is -0.900. The van der Waals surface area contributed by atoms with E-state index in [-0.39, 0.29) is 0 Å². The molecule has 1 heterocycles. The minimum Gasteiger partial charge on any atom is -0.364 e. The molecule has 0 aliphatic heterocycles. The molecular weight excluding hydrogens is 172 g/mol. The van der Waals surface area contributed by atoms with Crippen LogP contribution in [0.15, 0.2) is 5.38 Å². The van der Waals surface area contributed by atoms with Gasteiger partial charge in [0, 0.05) is 11.8 Å². The van der Waals surface area contributed by atoms with Gasteiger partial charge in [-0.15, -0.1) is 11.3 Å². The SMILES string of the molecule is CC(C)Cc1nc(C(N)=O)cs1. The van der Waals surface area contributed by atoms with E-state index in [2.05, 4.69) is 18.8 Å². The predicted molar refractivity (Wildman–Crippen MR) is 49.2 cm³/mol. The van der Waals surface area contributed by atoms with E-state index in [0.717, 1.165) is 11.4 Å². The van der Waals surface area contributed by atoms with Crippen LogP contribution in [0.25, 0.3) is 0 Å². The Morgan fingerprint density at radius 3 is 2.83 bits per heavy atom. The maximum Gasteiger partial charge on any atom is 0.268 e. The van der Waals surface area contributed by atoms with E-state index < -0.39 is 5.91 Å².